The third-order valence-corrected chi connectivity index (χ3v) is 3.77. The lowest BCUT2D eigenvalue weighted by Gasteiger charge is -2.37. The van der Waals surface area contributed by atoms with E-state index in [4.69, 9.17) is 4.74 Å². The molecule has 0 aliphatic carbocycles. The summed E-state index contributed by atoms with van der Waals surface area (Å²) in [6, 6.07) is 0. The molecular weight excluding hydrogens is 234 g/mol. The molecule has 0 unspecified atom stereocenters. The van der Waals surface area contributed by atoms with Crippen molar-refractivity contribution in [2.24, 2.45) is 10.8 Å². The third-order valence-electron chi connectivity index (χ3n) is 3.77. The zero-order valence-electron chi connectivity index (χ0n) is 14.5. The molecular formula is C17H33NO. The van der Waals surface area contributed by atoms with Crippen LogP contribution in [0.5, 0.6) is 0 Å². The van der Waals surface area contributed by atoms with Gasteiger partial charge in [-0.05, 0) is 31.8 Å². The zero-order valence-corrected chi connectivity index (χ0v) is 14.5. The zero-order chi connectivity index (χ0) is 15.1. The molecule has 0 fully saturated rings. The van der Waals surface area contributed by atoms with Gasteiger partial charge in [-0.15, -0.1) is 0 Å². The maximum atomic E-state index is 6.17. The van der Waals surface area contributed by atoms with Crippen molar-refractivity contribution in [2.45, 2.75) is 67.9 Å². The minimum Gasteiger partial charge on any atom is -0.496 e. The maximum Gasteiger partial charge on any atom is 0.102 e. The molecule has 0 aromatic heterocycles. The Morgan fingerprint density at radius 3 is 1.74 bits per heavy atom. The fraction of sp³-hybridized carbons (Fsp3) is 0.882. The lowest BCUT2D eigenvalue weighted by molar-refractivity contribution is 0.103. The van der Waals surface area contributed by atoms with Gasteiger partial charge in [0.1, 0.15) is 12.4 Å². The summed E-state index contributed by atoms with van der Waals surface area (Å²) >= 11 is 0. The van der Waals surface area contributed by atoms with Crippen LogP contribution in [0, 0.1) is 10.8 Å². The summed E-state index contributed by atoms with van der Waals surface area (Å²) in [6.45, 7) is 23.3. The van der Waals surface area contributed by atoms with E-state index in [1.54, 1.807) is 0 Å². The van der Waals surface area contributed by atoms with E-state index in [-0.39, 0.29) is 16.4 Å². The molecule has 0 bridgehead atoms. The van der Waals surface area contributed by atoms with Crippen LogP contribution >= 0.6 is 0 Å². The molecule has 1 heterocycles. The highest BCUT2D eigenvalue weighted by atomic mass is 16.5. The second kappa shape index (κ2) is 5.12. The average molecular weight is 267 g/mol. The van der Waals surface area contributed by atoms with E-state index in [2.05, 4.69) is 67.2 Å². The van der Waals surface area contributed by atoms with Gasteiger partial charge in [0.25, 0.3) is 0 Å². The molecule has 2 heteroatoms. The second-order valence-electron chi connectivity index (χ2n) is 8.75. The molecule has 0 saturated carbocycles. The highest BCUT2D eigenvalue weighted by Gasteiger charge is 2.35. The maximum absolute atomic E-state index is 6.17. The first-order valence-corrected chi connectivity index (χ1v) is 7.45. The van der Waals surface area contributed by atoms with Crippen LogP contribution in [-0.4, -0.2) is 30.1 Å². The smallest absolute Gasteiger partial charge is 0.102 e. The van der Waals surface area contributed by atoms with Gasteiger partial charge in [0, 0.05) is 24.0 Å². The van der Waals surface area contributed by atoms with Gasteiger partial charge in [-0.3, -0.25) is 4.90 Å². The van der Waals surface area contributed by atoms with Crippen molar-refractivity contribution in [3.05, 3.63) is 11.3 Å². The number of hydrogen-bond acceptors (Lipinski definition) is 2. The van der Waals surface area contributed by atoms with Gasteiger partial charge >= 0.3 is 0 Å². The van der Waals surface area contributed by atoms with Gasteiger partial charge in [-0.1, -0.05) is 41.5 Å². The van der Waals surface area contributed by atoms with Crippen molar-refractivity contribution in [2.75, 3.05) is 19.7 Å². The largest absolute Gasteiger partial charge is 0.496 e. The van der Waals surface area contributed by atoms with Crippen LogP contribution < -0.4 is 0 Å². The number of allylic oxidation sites excluding steroid dienone is 1. The average Bonchev–Trinajstić information content (AvgIpc) is 2.35. The van der Waals surface area contributed by atoms with Gasteiger partial charge in [-0.2, -0.15) is 0 Å². The Bertz CT molecular complexity index is 347. The highest BCUT2D eigenvalue weighted by molar-refractivity contribution is 5.23. The van der Waals surface area contributed by atoms with E-state index >= 15 is 0 Å². The molecule has 2 nitrogen and oxygen atoms in total. The first kappa shape index (κ1) is 16.6. The summed E-state index contributed by atoms with van der Waals surface area (Å²) in [5, 5.41) is 0. The number of rotatable bonds is 0. The molecule has 1 rings (SSSR count). The summed E-state index contributed by atoms with van der Waals surface area (Å²) in [7, 11) is 0. The topological polar surface area (TPSA) is 12.5 Å². The Kier molecular flexibility index (Phi) is 4.46. The van der Waals surface area contributed by atoms with Crippen LogP contribution in [0.2, 0.25) is 0 Å². The van der Waals surface area contributed by atoms with Crippen molar-refractivity contribution in [1.82, 2.24) is 4.90 Å². The highest BCUT2D eigenvalue weighted by Crippen LogP contribution is 2.39. The van der Waals surface area contributed by atoms with Crippen LogP contribution in [0.25, 0.3) is 0 Å². The van der Waals surface area contributed by atoms with Gasteiger partial charge in [0.05, 0.1) is 0 Å². The summed E-state index contributed by atoms with van der Waals surface area (Å²) in [5.74, 6) is 1.20. The lowest BCUT2D eigenvalue weighted by Crippen LogP contribution is -2.44. The number of hydrogen-bond donors (Lipinski definition) is 0. The monoisotopic (exact) mass is 267 g/mol. The Morgan fingerprint density at radius 2 is 1.37 bits per heavy atom. The van der Waals surface area contributed by atoms with Crippen LogP contribution in [0.3, 0.4) is 0 Å². The SMILES string of the molecule is CC(C)(C)C1=C(C(C)(C)C)OCCN(C(C)(C)C)C1. The Balaban J connectivity index is 3.24. The standard InChI is InChI=1S/C17H33NO/c1-15(2,3)13-12-18(17(7,8)9)10-11-19-14(13)16(4,5)6/h10-12H2,1-9H3. The van der Waals surface area contributed by atoms with Gasteiger partial charge in [-0.25, -0.2) is 0 Å². The second-order valence-corrected chi connectivity index (χ2v) is 8.75. The van der Waals surface area contributed by atoms with E-state index < -0.39 is 0 Å². The minimum atomic E-state index is 0.0799. The van der Waals surface area contributed by atoms with E-state index in [0.29, 0.717) is 0 Å². The molecule has 0 aromatic rings. The molecule has 112 valence electrons. The van der Waals surface area contributed by atoms with Crippen LogP contribution in [0.4, 0.5) is 0 Å². The van der Waals surface area contributed by atoms with Crippen LogP contribution in [0.1, 0.15) is 62.3 Å². The van der Waals surface area contributed by atoms with Gasteiger partial charge in [0.2, 0.25) is 0 Å². The van der Waals surface area contributed by atoms with Crippen molar-refractivity contribution in [1.29, 1.82) is 0 Å². The summed E-state index contributed by atoms with van der Waals surface area (Å²) < 4.78 is 6.17. The molecule has 0 N–H and O–H groups in total. The van der Waals surface area contributed by atoms with Crippen molar-refractivity contribution in [3.63, 3.8) is 0 Å². The summed E-state index contributed by atoms with van der Waals surface area (Å²) in [6.07, 6.45) is 0. The number of nitrogens with zero attached hydrogens (tertiary/aromatic N) is 1. The summed E-state index contributed by atoms with van der Waals surface area (Å²) in [4.78, 5) is 2.53. The van der Waals surface area contributed by atoms with Crippen molar-refractivity contribution >= 4 is 0 Å². The van der Waals surface area contributed by atoms with Gasteiger partial charge < -0.3 is 4.74 Å². The molecule has 0 amide bonds. The minimum absolute atomic E-state index is 0.0799. The quantitative estimate of drug-likeness (QED) is 0.642. The Labute approximate surface area is 120 Å². The fourth-order valence-corrected chi connectivity index (χ4v) is 2.51. The lowest BCUT2D eigenvalue weighted by atomic mass is 9.79. The summed E-state index contributed by atoms with van der Waals surface area (Å²) in [5.41, 5.74) is 1.87. The first-order chi connectivity index (χ1) is 8.33. The van der Waals surface area contributed by atoms with Gasteiger partial charge in [0.15, 0.2) is 0 Å². The molecule has 19 heavy (non-hydrogen) atoms. The van der Waals surface area contributed by atoms with Crippen LogP contribution in [-0.2, 0) is 4.74 Å². The molecule has 0 atom stereocenters. The van der Waals surface area contributed by atoms with Crippen molar-refractivity contribution in [3.8, 4) is 0 Å². The fourth-order valence-electron chi connectivity index (χ4n) is 2.51. The molecule has 1 aliphatic heterocycles. The van der Waals surface area contributed by atoms with Crippen LogP contribution in [0.15, 0.2) is 11.3 Å². The first-order valence-electron chi connectivity index (χ1n) is 7.45. The Hall–Kier alpha value is -0.500. The van der Waals surface area contributed by atoms with Crippen molar-refractivity contribution < 1.29 is 4.74 Å². The molecule has 0 spiro atoms. The normalized spacial score (nSPS) is 20.3. The van der Waals surface area contributed by atoms with E-state index in [1.807, 2.05) is 0 Å². The number of ether oxygens (including phenoxy) is 1. The molecule has 0 aromatic carbocycles. The van der Waals surface area contributed by atoms with E-state index in [0.717, 1.165) is 19.7 Å². The Morgan fingerprint density at radius 1 is 0.842 bits per heavy atom. The van der Waals surface area contributed by atoms with E-state index in [9.17, 15) is 0 Å². The predicted octanol–water partition coefficient (Wildman–Crippen LogP) is 4.46. The molecule has 0 saturated heterocycles. The predicted molar refractivity (Wildman–Crippen MR) is 83.2 cm³/mol. The third kappa shape index (κ3) is 4.24. The van der Waals surface area contributed by atoms with E-state index in [1.165, 1.54) is 11.3 Å². The molecule has 1 aliphatic rings. The molecule has 0 radical (unpaired) electrons.